The lowest BCUT2D eigenvalue weighted by Crippen LogP contribution is -2.23. The first-order valence-electron chi connectivity index (χ1n) is 6.95. The fourth-order valence-corrected chi connectivity index (χ4v) is 2.14. The molecule has 0 saturated heterocycles. The standard InChI is InChI=1S/C15H23N5/c1-13-6-4-5-7-14(13)11-19(3)8-9-20-12-15(10-16-2)17-18-20/h4-7,12,16H,8-11H2,1-3H3. The molecule has 0 fully saturated rings. The molecule has 0 aliphatic heterocycles. The SMILES string of the molecule is CNCc1cn(CCN(C)Cc2ccccc2C)nn1. The van der Waals surface area contributed by atoms with Crippen LogP contribution in [0, 0.1) is 6.92 Å². The van der Waals surface area contributed by atoms with Gasteiger partial charge in [-0.3, -0.25) is 4.68 Å². The van der Waals surface area contributed by atoms with Crippen LogP contribution in [0.15, 0.2) is 30.5 Å². The molecule has 0 atom stereocenters. The van der Waals surface area contributed by atoms with Crippen molar-refractivity contribution in [2.45, 2.75) is 26.6 Å². The molecule has 1 aromatic heterocycles. The zero-order chi connectivity index (χ0) is 14.4. The van der Waals surface area contributed by atoms with E-state index in [1.165, 1.54) is 11.1 Å². The quantitative estimate of drug-likeness (QED) is 0.829. The highest BCUT2D eigenvalue weighted by Gasteiger charge is 2.04. The Morgan fingerprint density at radius 1 is 1.30 bits per heavy atom. The van der Waals surface area contributed by atoms with Gasteiger partial charge in [0.25, 0.3) is 0 Å². The summed E-state index contributed by atoms with van der Waals surface area (Å²) >= 11 is 0. The lowest BCUT2D eigenvalue weighted by Gasteiger charge is -2.17. The number of hydrogen-bond acceptors (Lipinski definition) is 4. The molecule has 0 amide bonds. The third-order valence-electron chi connectivity index (χ3n) is 3.36. The molecular weight excluding hydrogens is 250 g/mol. The topological polar surface area (TPSA) is 46.0 Å². The molecule has 0 spiro atoms. The number of aryl methyl sites for hydroxylation is 1. The van der Waals surface area contributed by atoms with Crippen LogP contribution in [0.5, 0.6) is 0 Å². The van der Waals surface area contributed by atoms with Crippen molar-refractivity contribution in [3.05, 3.63) is 47.3 Å². The Bertz CT molecular complexity index is 535. The van der Waals surface area contributed by atoms with Gasteiger partial charge in [0, 0.05) is 25.8 Å². The van der Waals surface area contributed by atoms with Crippen molar-refractivity contribution < 1.29 is 0 Å². The summed E-state index contributed by atoms with van der Waals surface area (Å²) in [6.45, 7) is 5.70. The highest BCUT2D eigenvalue weighted by molar-refractivity contribution is 5.25. The molecule has 5 heteroatoms. The number of nitrogens with one attached hydrogen (secondary N) is 1. The lowest BCUT2D eigenvalue weighted by atomic mass is 10.1. The number of aromatic nitrogens is 3. The normalized spacial score (nSPS) is 11.2. The van der Waals surface area contributed by atoms with Crippen LogP contribution in [-0.2, 0) is 19.6 Å². The predicted octanol–water partition coefficient (Wildman–Crippen LogP) is 1.44. The summed E-state index contributed by atoms with van der Waals surface area (Å²) in [5.74, 6) is 0. The monoisotopic (exact) mass is 273 g/mol. The molecule has 2 aromatic rings. The third-order valence-corrected chi connectivity index (χ3v) is 3.36. The summed E-state index contributed by atoms with van der Waals surface area (Å²) in [6, 6.07) is 8.52. The zero-order valence-electron chi connectivity index (χ0n) is 12.5. The maximum atomic E-state index is 4.13. The first kappa shape index (κ1) is 14.7. The molecule has 2 rings (SSSR count). The first-order chi connectivity index (χ1) is 9.69. The van der Waals surface area contributed by atoms with Gasteiger partial charge in [-0.1, -0.05) is 29.5 Å². The minimum Gasteiger partial charge on any atom is -0.314 e. The fourth-order valence-electron chi connectivity index (χ4n) is 2.14. The van der Waals surface area contributed by atoms with E-state index in [4.69, 9.17) is 0 Å². The van der Waals surface area contributed by atoms with E-state index in [1.54, 1.807) is 0 Å². The van der Waals surface area contributed by atoms with Gasteiger partial charge in [0.15, 0.2) is 0 Å². The van der Waals surface area contributed by atoms with Crippen molar-refractivity contribution in [1.29, 1.82) is 0 Å². The van der Waals surface area contributed by atoms with Crippen molar-refractivity contribution in [3.63, 3.8) is 0 Å². The molecular formula is C15H23N5. The van der Waals surface area contributed by atoms with Crippen molar-refractivity contribution in [3.8, 4) is 0 Å². The van der Waals surface area contributed by atoms with Gasteiger partial charge in [0.2, 0.25) is 0 Å². The highest BCUT2D eigenvalue weighted by atomic mass is 15.4. The third kappa shape index (κ3) is 4.15. The van der Waals surface area contributed by atoms with Gasteiger partial charge >= 0.3 is 0 Å². The molecule has 0 saturated carbocycles. The van der Waals surface area contributed by atoms with E-state index in [0.29, 0.717) is 0 Å². The Labute approximate surface area is 120 Å². The van der Waals surface area contributed by atoms with Gasteiger partial charge in [-0.2, -0.15) is 0 Å². The summed E-state index contributed by atoms with van der Waals surface area (Å²) in [6.07, 6.45) is 2.00. The Balaban J connectivity index is 1.82. The van der Waals surface area contributed by atoms with Crippen molar-refractivity contribution in [2.24, 2.45) is 0 Å². The molecule has 108 valence electrons. The maximum absolute atomic E-state index is 4.13. The zero-order valence-corrected chi connectivity index (χ0v) is 12.5. The number of rotatable bonds is 7. The van der Waals surface area contributed by atoms with Crippen LogP contribution in [0.1, 0.15) is 16.8 Å². The number of hydrogen-bond donors (Lipinski definition) is 1. The number of likely N-dealkylation sites (N-methyl/N-ethyl adjacent to an activating group) is 1. The van der Waals surface area contributed by atoms with Crippen LogP contribution in [0.4, 0.5) is 0 Å². The van der Waals surface area contributed by atoms with Gasteiger partial charge in [0.1, 0.15) is 0 Å². The van der Waals surface area contributed by atoms with Crippen molar-refractivity contribution in [1.82, 2.24) is 25.2 Å². The van der Waals surface area contributed by atoms with Crippen LogP contribution < -0.4 is 5.32 Å². The Kier molecular flexibility index (Phi) is 5.26. The van der Waals surface area contributed by atoms with Crippen molar-refractivity contribution >= 4 is 0 Å². The van der Waals surface area contributed by atoms with E-state index < -0.39 is 0 Å². The highest BCUT2D eigenvalue weighted by Crippen LogP contribution is 2.09. The van der Waals surface area contributed by atoms with Crippen LogP contribution in [0.3, 0.4) is 0 Å². The van der Waals surface area contributed by atoms with Gasteiger partial charge < -0.3 is 10.2 Å². The summed E-state index contributed by atoms with van der Waals surface area (Å²) in [5.41, 5.74) is 3.70. The van der Waals surface area contributed by atoms with Gasteiger partial charge in [0.05, 0.1) is 12.2 Å². The smallest absolute Gasteiger partial charge is 0.0964 e. The van der Waals surface area contributed by atoms with E-state index in [2.05, 4.69) is 58.8 Å². The van der Waals surface area contributed by atoms with Crippen LogP contribution in [0.2, 0.25) is 0 Å². The number of benzene rings is 1. The largest absolute Gasteiger partial charge is 0.314 e. The van der Waals surface area contributed by atoms with Gasteiger partial charge in [-0.15, -0.1) is 5.10 Å². The van der Waals surface area contributed by atoms with Gasteiger partial charge in [-0.05, 0) is 32.1 Å². The fraction of sp³-hybridized carbons (Fsp3) is 0.467. The molecule has 0 aliphatic carbocycles. The Morgan fingerprint density at radius 3 is 2.85 bits per heavy atom. The molecule has 0 bridgehead atoms. The predicted molar refractivity (Wildman–Crippen MR) is 80.3 cm³/mol. The molecule has 0 unspecified atom stereocenters. The Hall–Kier alpha value is -1.72. The summed E-state index contributed by atoms with van der Waals surface area (Å²) in [7, 11) is 4.05. The number of nitrogens with zero attached hydrogens (tertiary/aromatic N) is 4. The van der Waals surface area contributed by atoms with Gasteiger partial charge in [-0.25, -0.2) is 0 Å². The van der Waals surface area contributed by atoms with E-state index in [-0.39, 0.29) is 0 Å². The average Bonchev–Trinajstić information content (AvgIpc) is 2.87. The maximum Gasteiger partial charge on any atom is 0.0964 e. The molecule has 0 aliphatic rings. The summed E-state index contributed by atoms with van der Waals surface area (Å²) in [4.78, 5) is 2.31. The van der Waals surface area contributed by atoms with E-state index in [1.807, 2.05) is 17.9 Å². The second-order valence-electron chi connectivity index (χ2n) is 5.17. The van der Waals surface area contributed by atoms with Crippen LogP contribution in [0.25, 0.3) is 0 Å². The van der Waals surface area contributed by atoms with Crippen LogP contribution in [-0.4, -0.2) is 40.5 Å². The Morgan fingerprint density at radius 2 is 2.10 bits per heavy atom. The molecule has 1 aromatic carbocycles. The summed E-state index contributed by atoms with van der Waals surface area (Å²) < 4.78 is 1.90. The van der Waals surface area contributed by atoms with E-state index in [0.717, 1.165) is 31.9 Å². The minimum atomic E-state index is 0.763. The molecule has 0 radical (unpaired) electrons. The second-order valence-corrected chi connectivity index (χ2v) is 5.17. The molecule has 20 heavy (non-hydrogen) atoms. The van der Waals surface area contributed by atoms with Crippen molar-refractivity contribution in [2.75, 3.05) is 20.6 Å². The second kappa shape index (κ2) is 7.17. The molecule has 5 nitrogen and oxygen atoms in total. The first-order valence-corrected chi connectivity index (χ1v) is 6.95. The summed E-state index contributed by atoms with van der Waals surface area (Å²) in [5, 5.41) is 11.3. The molecule has 1 N–H and O–H groups in total. The minimum absolute atomic E-state index is 0.763. The van der Waals surface area contributed by atoms with E-state index in [9.17, 15) is 0 Å². The average molecular weight is 273 g/mol. The lowest BCUT2D eigenvalue weighted by molar-refractivity contribution is 0.303. The van der Waals surface area contributed by atoms with E-state index >= 15 is 0 Å². The molecule has 1 heterocycles. The van der Waals surface area contributed by atoms with Crippen LogP contribution >= 0.6 is 0 Å².